The van der Waals surface area contributed by atoms with Crippen LogP contribution < -0.4 is 0 Å². The van der Waals surface area contributed by atoms with E-state index in [9.17, 15) is 14.4 Å². The largest absolute Gasteiger partial charge is 0.444 e. The van der Waals surface area contributed by atoms with E-state index in [1.165, 1.54) is 10.5 Å². The Morgan fingerprint density at radius 2 is 1.88 bits per heavy atom. The molecule has 26 heavy (non-hydrogen) atoms. The van der Waals surface area contributed by atoms with E-state index in [1.807, 2.05) is 30.3 Å². The number of nitrogens with zero attached hydrogens (tertiary/aromatic N) is 2. The highest BCUT2D eigenvalue weighted by molar-refractivity contribution is 5.81. The fourth-order valence-electron chi connectivity index (χ4n) is 2.96. The van der Waals surface area contributed by atoms with Gasteiger partial charge in [-0.05, 0) is 39.2 Å². The van der Waals surface area contributed by atoms with Crippen LogP contribution >= 0.6 is 0 Å². The molecule has 1 aliphatic heterocycles. The Balaban J connectivity index is 1.85. The number of rotatable bonds is 5. The van der Waals surface area contributed by atoms with Gasteiger partial charge in [-0.1, -0.05) is 30.3 Å². The summed E-state index contributed by atoms with van der Waals surface area (Å²) in [6.07, 6.45) is 2.26. The van der Waals surface area contributed by atoms with E-state index < -0.39 is 17.7 Å². The van der Waals surface area contributed by atoms with Gasteiger partial charge < -0.3 is 19.3 Å². The second kappa shape index (κ2) is 8.83. The molecule has 2 rings (SSSR count). The molecule has 0 radical (unpaired) electrons. The van der Waals surface area contributed by atoms with Gasteiger partial charge in [0.15, 0.2) is 0 Å². The van der Waals surface area contributed by atoms with Crippen LogP contribution in [-0.2, 0) is 20.7 Å². The second-order valence-electron chi connectivity index (χ2n) is 7.56. The third-order valence-electron chi connectivity index (χ3n) is 4.25. The van der Waals surface area contributed by atoms with E-state index in [2.05, 4.69) is 0 Å². The zero-order valence-corrected chi connectivity index (χ0v) is 15.8. The van der Waals surface area contributed by atoms with Gasteiger partial charge >= 0.3 is 6.09 Å². The van der Waals surface area contributed by atoms with E-state index in [-0.39, 0.29) is 12.5 Å². The van der Waals surface area contributed by atoms with Gasteiger partial charge in [-0.2, -0.15) is 0 Å². The summed E-state index contributed by atoms with van der Waals surface area (Å²) in [6, 6.07) is 9.40. The smallest absolute Gasteiger partial charge is 0.410 e. The maximum atomic E-state index is 12.5. The molecule has 1 fully saturated rings. The molecule has 1 heterocycles. The number of aryl methyl sites for hydroxylation is 1. The summed E-state index contributed by atoms with van der Waals surface area (Å²) in [7, 11) is 0. The summed E-state index contributed by atoms with van der Waals surface area (Å²) in [4.78, 5) is 39.2. The first kappa shape index (κ1) is 19.9. The summed E-state index contributed by atoms with van der Waals surface area (Å²) < 4.78 is 5.35. The normalized spacial score (nSPS) is 17.7. The van der Waals surface area contributed by atoms with Crippen molar-refractivity contribution in [3.05, 3.63) is 35.9 Å². The first-order chi connectivity index (χ1) is 12.3. The number of aldehydes is 1. The number of carbonyl (C=O) groups is 3. The zero-order valence-electron chi connectivity index (χ0n) is 15.8. The monoisotopic (exact) mass is 360 g/mol. The zero-order chi connectivity index (χ0) is 19.2. The molecule has 6 nitrogen and oxygen atoms in total. The highest BCUT2D eigenvalue weighted by Crippen LogP contribution is 2.16. The molecule has 2 amide bonds. The van der Waals surface area contributed by atoms with Crippen molar-refractivity contribution in [1.82, 2.24) is 9.80 Å². The van der Waals surface area contributed by atoms with Crippen molar-refractivity contribution in [2.45, 2.75) is 51.7 Å². The average Bonchev–Trinajstić information content (AvgIpc) is 2.60. The number of hydrogen-bond acceptors (Lipinski definition) is 4. The van der Waals surface area contributed by atoms with Crippen molar-refractivity contribution in [3.8, 4) is 0 Å². The lowest BCUT2D eigenvalue weighted by atomic mass is 10.1. The molecular weight excluding hydrogens is 332 g/mol. The third kappa shape index (κ3) is 5.86. The molecule has 1 saturated heterocycles. The van der Waals surface area contributed by atoms with Crippen molar-refractivity contribution in [3.63, 3.8) is 0 Å². The van der Waals surface area contributed by atoms with Crippen LogP contribution in [0, 0.1) is 0 Å². The van der Waals surface area contributed by atoms with Crippen molar-refractivity contribution in [1.29, 1.82) is 0 Å². The molecule has 1 unspecified atom stereocenters. The average molecular weight is 360 g/mol. The van der Waals surface area contributed by atoms with Gasteiger partial charge in [-0.3, -0.25) is 4.79 Å². The molecular formula is C20H28N2O4. The molecule has 0 N–H and O–H groups in total. The van der Waals surface area contributed by atoms with Gasteiger partial charge in [-0.15, -0.1) is 0 Å². The number of benzene rings is 1. The van der Waals surface area contributed by atoms with Gasteiger partial charge in [0.25, 0.3) is 0 Å². The van der Waals surface area contributed by atoms with E-state index in [0.717, 1.165) is 19.1 Å². The molecule has 0 aliphatic carbocycles. The van der Waals surface area contributed by atoms with Gasteiger partial charge in [-0.25, -0.2) is 4.79 Å². The van der Waals surface area contributed by atoms with Crippen LogP contribution in [0.1, 0.15) is 39.2 Å². The second-order valence-corrected chi connectivity index (χ2v) is 7.56. The van der Waals surface area contributed by atoms with E-state index in [0.29, 0.717) is 19.5 Å². The molecule has 0 spiro atoms. The highest BCUT2D eigenvalue weighted by Gasteiger charge is 2.33. The van der Waals surface area contributed by atoms with Crippen molar-refractivity contribution < 1.29 is 19.1 Å². The van der Waals surface area contributed by atoms with Crippen LogP contribution in [0.5, 0.6) is 0 Å². The molecule has 0 saturated carbocycles. The maximum absolute atomic E-state index is 12.5. The quantitative estimate of drug-likeness (QED) is 0.757. The number of ether oxygens (including phenoxy) is 1. The number of carbonyl (C=O) groups excluding carboxylic acids is 3. The Kier molecular flexibility index (Phi) is 6.77. The predicted molar refractivity (Wildman–Crippen MR) is 98.8 cm³/mol. The van der Waals surface area contributed by atoms with Gasteiger partial charge in [0.1, 0.15) is 17.9 Å². The summed E-state index contributed by atoms with van der Waals surface area (Å²) >= 11 is 0. The van der Waals surface area contributed by atoms with E-state index >= 15 is 0 Å². The Labute approximate surface area is 155 Å². The standard InChI is InChI=1S/C20H28N2O4/c1-20(2,3)26-19(25)21-12-13-22(17(14-21)15-23)18(24)11-7-10-16-8-5-4-6-9-16/h4-6,8-9,15,17H,7,10-14H2,1-3H3. The minimum atomic E-state index is -0.611. The van der Waals surface area contributed by atoms with E-state index in [1.54, 1.807) is 25.7 Å². The van der Waals surface area contributed by atoms with Crippen LogP contribution in [0.3, 0.4) is 0 Å². The van der Waals surface area contributed by atoms with Gasteiger partial charge in [0.05, 0.1) is 6.54 Å². The minimum absolute atomic E-state index is 0.0399. The molecule has 0 aromatic heterocycles. The Bertz CT molecular complexity index is 624. The topological polar surface area (TPSA) is 66.9 Å². The lowest BCUT2D eigenvalue weighted by Crippen LogP contribution is -2.57. The molecule has 1 atom stereocenters. The lowest BCUT2D eigenvalue weighted by molar-refractivity contribution is -0.139. The SMILES string of the molecule is CC(C)(C)OC(=O)N1CCN(C(=O)CCCc2ccccc2)C(C=O)C1. The molecule has 1 aliphatic rings. The fraction of sp³-hybridized carbons (Fsp3) is 0.550. The first-order valence-electron chi connectivity index (χ1n) is 9.07. The summed E-state index contributed by atoms with van der Waals surface area (Å²) in [6.45, 7) is 6.32. The van der Waals surface area contributed by atoms with Crippen LogP contribution in [0.4, 0.5) is 4.79 Å². The first-order valence-corrected chi connectivity index (χ1v) is 9.07. The number of amides is 2. The lowest BCUT2D eigenvalue weighted by Gasteiger charge is -2.39. The predicted octanol–water partition coefficient (Wildman–Crippen LogP) is 2.66. The Morgan fingerprint density at radius 1 is 1.19 bits per heavy atom. The van der Waals surface area contributed by atoms with Crippen molar-refractivity contribution in [2.24, 2.45) is 0 Å². The summed E-state index contributed by atoms with van der Waals surface area (Å²) in [5.41, 5.74) is 0.611. The van der Waals surface area contributed by atoms with E-state index in [4.69, 9.17) is 4.74 Å². The van der Waals surface area contributed by atoms with Crippen LogP contribution in [-0.4, -0.2) is 59.4 Å². The van der Waals surface area contributed by atoms with Gasteiger partial charge in [0.2, 0.25) is 5.91 Å². The van der Waals surface area contributed by atoms with Crippen molar-refractivity contribution >= 4 is 18.3 Å². The Hall–Kier alpha value is -2.37. The minimum Gasteiger partial charge on any atom is -0.444 e. The van der Waals surface area contributed by atoms with Gasteiger partial charge in [0, 0.05) is 19.5 Å². The maximum Gasteiger partial charge on any atom is 0.410 e. The molecule has 1 aromatic rings. The van der Waals surface area contributed by atoms with Crippen LogP contribution in [0.15, 0.2) is 30.3 Å². The van der Waals surface area contributed by atoms with Crippen molar-refractivity contribution in [2.75, 3.05) is 19.6 Å². The third-order valence-corrected chi connectivity index (χ3v) is 4.25. The molecule has 142 valence electrons. The highest BCUT2D eigenvalue weighted by atomic mass is 16.6. The van der Waals surface area contributed by atoms with Crippen LogP contribution in [0.25, 0.3) is 0 Å². The molecule has 0 bridgehead atoms. The summed E-state index contributed by atoms with van der Waals surface area (Å²) in [5, 5.41) is 0. The summed E-state index contributed by atoms with van der Waals surface area (Å²) in [5.74, 6) is -0.0399. The molecule has 1 aromatic carbocycles. The number of hydrogen-bond donors (Lipinski definition) is 0. The number of piperazine rings is 1. The van der Waals surface area contributed by atoms with Crippen LogP contribution in [0.2, 0.25) is 0 Å². The Morgan fingerprint density at radius 3 is 2.50 bits per heavy atom. The fourth-order valence-corrected chi connectivity index (χ4v) is 2.96. The molecule has 6 heteroatoms.